The average molecular weight is 187 g/mol. The van der Waals surface area contributed by atoms with Crippen LogP contribution < -0.4 is 0 Å². The van der Waals surface area contributed by atoms with Crippen LogP contribution in [0.25, 0.3) is 0 Å². The predicted molar refractivity (Wildman–Crippen MR) is 52.2 cm³/mol. The number of aldehydes is 1. The molecule has 0 fully saturated rings. The Hall–Kier alpha value is -0.520. The second-order valence-electron chi connectivity index (χ2n) is 3.41. The van der Waals surface area contributed by atoms with Crippen molar-refractivity contribution in [2.75, 3.05) is 0 Å². The maximum Gasteiger partial charge on any atom is 0.131 e. The average Bonchev–Trinajstić information content (AvgIpc) is 2.04. The standard InChI is InChI=1S/C10H15ClO/c1-5-8(2)6-9(11)10(3,4)7-12/h7H,5H2,1-4H3. The van der Waals surface area contributed by atoms with Crippen molar-refractivity contribution in [1.29, 1.82) is 0 Å². The summed E-state index contributed by atoms with van der Waals surface area (Å²) in [6.45, 7) is 7.53. The van der Waals surface area contributed by atoms with E-state index in [1.807, 2.05) is 13.8 Å². The fourth-order valence-corrected chi connectivity index (χ4v) is 0.694. The quantitative estimate of drug-likeness (QED) is 0.488. The molecule has 1 nitrogen and oxygen atoms in total. The first-order valence-corrected chi connectivity index (χ1v) is 4.40. The van der Waals surface area contributed by atoms with Crippen molar-refractivity contribution in [2.45, 2.75) is 34.1 Å². The van der Waals surface area contributed by atoms with Gasteiger partial charge in [0, 0.05) is 0 Å². The molecule has 0 heterocycles. The van der Waals surface area contributed by atoms with Gasteiger partial charge in [-0.15, -0.1) is 5.73 Å². The number of hydrogen-bond acceptors (Lipinski definition) is 1. The molecule has 0 saturated heterocycles. The fraction of sp³-hybridized carbons (Fsp3) is 0.600. The topological polar surface area (TPSA) is 17.1 Å². The van der Waals surface area contributed by atoms with Crippen LogP contribution in [0.1, 0.15) is 34.1 Å². The zero-order valence-electron chi connectivity index (χ0n) is 8.07. The Labute approximate surface area is 79.1 Å². The van der Waals surface area contributed by atoms with E-state index in [2.05, 4.69) is 5.73 Å². The molecule has 0 atom stereocenters. The summed E-state index contributed by atoms with van der Waals surface area (Å²) in [5, 5.41) is 0.483. The van der Waals surface area contributed by atoms with Crippen LogP contribution in [0.4, 0.5) is 0 Å². The van der Waals surface area contributed by atoms with Crippen molar-refractivity contribution in [2.24, 2.45) is 5.41 Å². The van der Waals surface area contributed by atoms with Crippen molar-refractivity contribution in [1.82, 2.24) is 0 Å². The summed E-state index contributed by atoms with van der Waals surface area (Å²) < 4.78 is 0. The highest BCUT2D eigenvalue weighted by Crippen LogP contribution is 2.26. The molecule has 0 N–H and O–H groups in total. The number of carbonyl (C=O) groups is 1. The van der Waals surface area contributed by atoms with Crippen LogP contribution in [0, 0.1) is 5.41 Å². The Kier molecular flexibility index (Phi) is 4.30. The second kappa shape index (κ2) is 4.49. The minimum Gasteiger partial charge on any atom is -0.302 e. The lowest BCUT2D eigenvalue weighted by Gasteiger charge is -2.13. The second-order valence-corrected chi connectivity index (χ2v) is 3.79. The van der Waals surface area contributed by atoms with Crippen molar-refractivity contribution >= 4 is 17.9 Å². The molecule has 0 rings (SSSR count). The maximum atomic E-state index is 10.6. The van der Waals surface area contributed by atoms with Gasteiger partial charge in [-0.2, -0.15) is 0 Å². The molecule has 0 saturated carbocycles. The molecule has 0 aromatic rings. The van der Waals surface area contributed by atoms with Gasteiger partial charge >= 0.3 is 0 Å². The molecule has 68 valence electrons. The Morgan fingerprint density at radius 1 is 1.58 bits per heavy atom. The third kappa shape index (κ3) is 3.25. The van der Waals surface area contributed by atoms with Crippen LogP contribution in [-0.2, 0) is 4.79 Å². The monoisotopic (exact) mass is 186 g/mol. The van der Waals surface area contributed by atoms with Crippen LogP contribution in [0.2, 0.25) is 0 Å². The molecule has 0 unspecified atom stereocenters. The minimum absolute atomic E-state index is 0.483. The van der Waals surface area contributed by atoms with Gasteiger partial charge in [-0.25, -0.2) is 0 Å². The number of rotatable bonds is 3. The highest BCUT2D eigenvalue weighted by molar-refractivity contribution is 6.31. The molecule has 0 aromatic carbocycles. The van der Waals surface area contributed by atoms with Gasteiger partial charge in [-0.1, -0.05) is 18.5 Å². The first kappa shape index (κ1) is 11.5. The van der Waals surface area contributed by atoms with E-state index in [0.29, 0.717) is 5.03 Å². The van der Waals surface area contributed by atoms with E-state index in [1.165, 1.54) is 0 Å². The van der Waals surface area contributed by atoms with Gasteiger partial charge in [0.25, 0.3) is 0 Å². The molecule has 0 aliphatic carbocycles. The van der Waals surface area contributed by atoms with Crippen molar-refractivity contribution in [3.05, 3.63) is 16.3 Å². The van der Waals surface area contributed by atoms with Crippen molar-refractivity contribution in [3.63, 3.8) is 0 Å². The van der Waals surface area contributed by atoms with E-state index in [9.17, 15) is 4.79 Å². The number of carbonyl (C=O) groups excluding carboxylic acids is 1. The number of halogens is 1. The minimum atomic E-state index is -0.599. The van der Waals surface area contributed by atoms with E-state index in [4.69, 9.17) is 11.6 Å². The third-order valence-corrected chi connectivity index (χ3v) is 2.30. The lowest BCUT2D eigenvalue weighted by Crippen LogP contribution is -2.12. The van der Waals surface area contributed by atoms with Gasteiger partial charge in [0.05, 0.1) is 10.4 Å². The Balaban J connectivity index is 4.93. The van der Waals surface area contributed by atoms with E-state index < -0.39 is 5.41 Å². The van der Waals surface area contributed by atoms with Crippen LogP contribution in [0.3, 0.4) is 0 Å². The fourth-order valence-electron chi connectivity index (χ4n) is 0.489. The van der Waals surface area contributed by atoms with Gasteiger partial charge in [0.15, 0.2) is 0 Å². The molecule has 0 aromatic heterocycles. The zero-order valence-corrected chi connectivity index (χ0v) is 8.83. The third-order valence-electron chi connectivity index (χ3n) is 1.71. The zero-order chi connectivity index (χ0) is 9.78. The highest BCUT2D eigenvalue weighted by atomic mass is 35.5. The van der Waals surface area contributed by atoms with Gasteiger partial charge in [-0.05, 0) is 32.8 Å². The normalized spacial score (nSPS) is 10.4. The lowest BCUT2D eigenvalue weighted by molar-refractivity contribution is -0.112. The smallest absolute Gasteiger partial charge is 0.131 e. The van der Waals surface area contributed by atoms with E-state index in [0.717, 1.165) is 18.3 Å². The molecule has 2 heteroatoms. The molecule has 0 aliphatic heterocycles. The van der Waals surface area contributed by atoms with Crippen LogP contribution in [-0.4, -0.2) is 6.29 Å². The van der Waals surface area contributed by atoms with Gasteiger partial charge < -0.3 is 4.79 Å². The lowest BCUT2D eigenvalue weighted by atomic mass is 9.95. The molecule has 0 radical (unpaired) electrons. The molecule has 0 spiro atoms. The molecular weight excluding hydrogens is 172 g/mol. The summed E-state index contributed by atoms with van der Waals surface area (Å²) in [5.41, 5.74) is 3.45. The molecular formula is C10H15ClO. The summed E-state index contributed by atoms with van der Waals surface area (Å²) in [6.07, 6.45) is 1.75. The van der Waals surface area contributed by atoms with Crippen LogP contribution in [0.5, 0.6) is 0 Å². The largest absolute Gasteiger partial charge is 0.302 e. The number of hydrogen-bond donors (Lipinski definition) is 0. The van der Waals surface area contributed by atoms with E-state index in [-0.39, 0.29) is 0 Å². The Bertz CT molecular complexity index is 232. The molecule has 0 bridgehead atoms. The number of allylic oxidation sites excluding steroid dienone is 1. The Morgan fingerprint density at radius 2 is 2.08 bits per heavy atom. The summed E-state index contributed by atoms with van der Waals surface area (Å²) in [6, 6.07) is 0. The first-order valence-electron chi connectivity index (χ1n) is 4.02. The molecule has 0 aliphatic rings. The van der Waals surface area contributed by atoms with Gasteiger partial charge in [-0.3, -0.25) is 0 Å². The van der Waals surface area contributed by atoms with Crippen LogP contribution >= 0.6 is 11.6 Å². The summed E-state index contributed by atoms with van der Waals surface area (Å²) in [4.78, 5) is 10.6. The van der Waals surface area contributed by atoms with E-state index in [1.54, 1.807) is 13.8 Å². The summed E-state index contributed by atoms with van der Waals surface area (Å²) in [5.74, 6) is 0. The van der Waals surface area contributed by atoms with E-state index >= 15 is 0 Å². The maximum absolute atomic E-state index is 10.6. The predicted octanol–water partition coefficient (Wildman–Crippen LogP) is 3.29. The summed E-state index contributed by atoms with van der Waals surface area (Å²) >= 11 is 5.90. The van der Waals surface area contributed by atoms with Crippen molar-refractivity contribution < 1.29 is 4.79 Å². The highest BCUT2D eigenvalue weighted by Gasteiger charge is 2.20. The van der Waals surface area contributed by atoms with Crippen LogP contribution in [0.15, 0.2) is 16.3 Å². The molecule has 0 amide bonds. The summed E-state index contributed by atoms with van der Waals surface area (Å²) in [7, 11) is 0. The van der Waals surface area contributed by atoms with Crippen molar-refractivity contribution in [3.8, 4) is 0 Å². The van der Waals surface area contributed by atoms with Gasteiger partial charge in [0.1, 0.15) is 6.29 Å². The first-order chi connectivity index (χ1) is 5.44. The SMILES string of the molecule is CCC(C)=C=C(Cl)C(C)(C)C=O. The van der Waals surface area contributed by atoms with Gasteiger partial charge in [0.2, 0.25) is 0 Å². The molecule has 12 heavy (non-hydrogen) atoms. The Morgan fingerprint density at radius 3 is 2.42 bits per heavy atom.